The largest absolute Gasteiger partial charge is 0.474 e. The number of nitrogens with two attached hydrogens (primary N) is 1. The summed E-state index contributed by atoms with van der Waals surface area (Å²) >= 11 is 9.12. The first-order chi connectivity index (χ1) is 35.7. The van der Waals surface area contributed by atoms with Crippen LogP contribution < -0.4 is 36.9 Å². The minimum atomic E-state index is -3.12. The number of hydrogen-bond acceptors (Lipinski definition) is 25. The van der Waals surface area contributed by atoms with Crippen molar-refractivity contribution < 1.29 is 72.4 Å². The van der Waals surface area contributed by atoms with E-state index < -0.39 is 48.6 Å². The maximum atomic E-state index is 13.5. The SMILES string of the molecule is CS(=O)(=O)CCCOc1nonc1-c1noc(=O)n1-c1ccc(F)c(Br)c1.CS(=O)(=O)CCCOc1nonc1C(=Nc1ccc(F)c(Br)c1)NO.NCCOc1nonc1-c1noc(=O)n1-c1ccc(F)c(Br)c1. The zero-order valence-electron chi connectivity index (χ0n) is 38.1. The normalized spacial score (nSPS) is 11.6. The number of aromatic nitrogens is 10. The highest BCUT2D eigenvalue weighted by atomic mass is 79.9. The molecule has 0 aliphatic heterocycles. The Kier molecular flexibility index (Phi) is 19.7. The second-order valence-electron chi connectivity index (χ2n) is 14.6. The van der Waals surface area contributed by atoms with E-state index in [9.17, 15) is 44.8 Å². The van der Waals surface area contributed by atoms with Gasteiger partial charge in [-0.25, -0.2) is 67.6 Å². The number of sulfone groups is 2. The monoisotopic (exact) mass is 1280 g/mol. The predicted octanol–water partition coefficient (Wildman–Crippen LogP) is 4.55. The van der Waals surface area contributed by atoms with Crippen molar-refractivity contribution in [2.75, 3.05) is 50.4 Å². The fourth-order valence-corrected chi connectivity index (χ4v) is 8.08. The van der Waals surface area contributed by atoms with E-state index in [4.69, 9.17) is 19.9 Å². The molecule has 0 bridgehead atoms. The Morgan fingerprint density at radius 2 is 1.07 bits per heavy atom. The van der Waals surface area contributed by atoms with E-state index in [0.717, 1.165) is 27.7 Å². The van der Waals surface area contributed by atoms with Crippen LogP contribution in [0.1, 0.15) is 18.5 Å². The number of benzene rings is 3. The summed E-state index contributed by atoms with van der Waals surface area (Å²) in [7, 11) is -6.22. The number of amidine groups is 1. The number of nitrogens with zero attached hydrogens (tertiary/aromatic N) is 11. The Balaban J connectivity index is 0.000000183. The molecule has 28 nitrogen and oxygen atoms in total. The molecule has 8 aromatic rings. The Morgan fingerprint density at radius 1 is 0.640 bits per heavy atom. The van der Waals surface area contributed by atoms with Gasteiger partial charge >= 0.3 is 11.5 Å². The Hall–Kier alpha value is -7.12. The lowest BCUT2D eigenvalue weighted by Gasteiger charge is -2.05. The number of halogens is 6. The van der Waals surface area contributed by atoms with Crippen molar-refractivity contribution in [3.8, 4) is 52.1 Å². The molecular weight excluding hydrogens is 1250 g/mol. The standard InChI is InChI=1S/C14H12BrFN4O6S.C13H14BrFN4O5S.C12H9BrFN5O4/c1-27(22,23)6-2-5-24-13-11(17-26-19-13)12-18-25-14(21)20(12)8-3-4-10(16)9(15)7-8;1-25(21,22)6-2-5-23-13-11(18-24-19-13)12(17-20)16-8-3-4-10(15)9(14)7-8;13-7-5-6(1-2-8(7)14)19-10(17-22-12(19)20)9-11(18-23-16-9)21-4-3-15/h3-4,7H,2,5-6H2,1H3;3-4,7,20H,2,5-6H2,1H3,(H,16,17);1-2,5H,3-4,15H2. The van der Waals surface area contributed by atoms with Crippen molar-refractivity contribution in [1.82, 2.24) is 55.9 Å². The first-order valence-corrected chi connectivity index (χ1v) is 27.1. The lowest BCUT2D eigenvalue weighted by atomic mass is 10.3. The van der Waals surface area contributed by atoms with Crippen LogP contribution in [0, 0.1) is 17.5 Å². The van der Waals surface area contributed by atoms with Crippen LogP contribution in [0.2, 0.25) is 0 Å². The predicted molar refractivity (Wildman–Crippen MR) is 260 cm³/mol. The molecule has 75 heavy (non-hydrogen) atoms. The quantitative estimate of drug-likeness (QED) is 0.0432. The van der Waals surface area contributed by atoms with Crippen molar-refractivity contribution >= 4 is 79.0 Å². The molecule has 8 rings (SSSR count). The minimum Gasteiger partial charge on any atom is -0.474 e. The average Bonchev–Trinajstić information content (AvgIpc) is 4.23. The number of hydroxylamine groups is 1. The molecule has 3 aromatic carbocycles. The third-order valence-electron chi connectivity index (χ3n) is 8.96. The molecule has 4 N–H and O–H groups in total. The second kappa shape index (κ2) is 25.9. The maximum Gasteiger partial charge on any atom is 0.446 e. The molecule has 0 aliphatic rings. The summed E-state index contributed by atoms with van der Waals surface area (Å²) in [4.78, 5) is 28.1. The summed E-state index contributed by atoms with van der Waals surface area (Å²) < 4.78 is 126. The maximum absolute atomic E-state index is 13.5. The second-order valence-corrected chi connectivity index (χ2v) is 21.7. The smallest absolute Gasteiger partial charge is 0.446 e. The van der Waals surface area contributed by atoms with Gasteiger partial charge in [-0.1, -0.05) is 10.3 Å². The van der Waals surface area contributed by atoms with E-state index in [-0.39, 0.29) is 122 Å². The van der Waals surface area contributed by atoms with Crippen molar-refractivity contribution in [2.24, 2.45) is 10.7 Å². The van der Waals surface area contributed by atoms with Gasteiger partial charge in [0, 0.05) is 19.1 Å². The molecule has 36 heteroatoms. The van der Waals surface area contributed by atoms with E-state index in [2.05, 4.69) is 117 Å². The molecule has 0 fully saturated rings. The van der Waals surface area contributed by atoms with Crippen LogP contribution in [-0.2, 0) is 19.7 Å². The molecule has 400 valence electrons. The van der Waals surface area contributed by atoms with Gasteiger partial charge in [0.2, 0.25) is 28.7 Å². The zero-order chi connectivity index (χ0) is 54.5. The summed E-state index contributed by atoms with van der Waals surface area (Å²) in [6, 6.07) is 11.8. The molecule has 0 amide bonds. The molecule has 0 spiro atoms. The molecule has 0 saturated heterocycles. The topological polar surface area (TPSA) is 379 Å². The van der Waals surface area contributed by atoms with Crippen molar-refractivity contribution in [3.63, 3.8) is 0 Å². The van der Waals surface area contributed by atoms with E-state index in [1.54, 1.807) is 0 Å². The fraction of sp³-hybridized carbons (Fsp3) is 0.256. The van der Waals surface area contributed by atoms with E-state index in [1.807, 2.05) is 5.48 Å². The van der Waals surface area contributed by atoms with Crippen LogP contribution in [0.3, 0.4) is 0 Å². The zero-order valence-corrected chi connectivity index (χ0v) is 44.5. The Morgan fingerprint density at radius 3 is 1.51 bits per heavy atom. The van der Waals surface area contributed by atoms with Gasteiger partial charge in [0.15, 0.2) is 5.84 Å². The number of ether oxygens (including phenoxy) is 3. The summed E-state index contributed by atoms with van der Waals surface area (Å²) in [6.45, 7) is 0.502. The lowest BCUT2D eigenvalue weighted by molar-refractivity contribution is 0.233. The van der Waals surface area contributed by atoms with E-state index in [1.165, 1.54) is 48.5 Å². The Bertz CT molecular complexity index is 3620. The van der Waals surface area contributed by atoms with Gasteiger partial charge in [-0.3, -0.25) is 19.7 Å². The molecule has 5 aromatic heterocycles. The summed E-state index contributed by atoms with van der Waals surface area (Å²) in [6.07, 6.45) is 2.71. The number of rotatable bonds is 19. The van der Waals surface area contributed by atoms with Gasteiger partial charge < -0.3 is 19.9 Å². The van der Waals surface area contributed by atoms with Gasteiger partial charge in [0.25, 0.3) is 17.6 Å². The third kappa shape index (κ3) is 15.7. The number of nitrogens with one attached hydrogen (secondary N) is 1. The van der Waals surface area contributed by atoms with Gasteiger partial charge in [-0.2, -0.15) is 0 Å². The molecular formula is C39H35Br3F3N13O15S2. The van der Waals surface area contributed by atoms with Crippen LogP contribution in [0.15, 0.2) is 106 Å². The number of aliphatic imine (C=N–C) groups is 1. The van der Waals surface area contributed by atoms with Crippen molar-refractivity contribution in [3.05, 3.63) is 112 Å². The first kappa shape index (κ1) is 57.2. The molecule has 0 unspecified atom stereocenters. The highest BCUT2D eigenvalue weighted by molar-refractivity contribution is 9.11. The summed E-state index contributed by atoms with van der Waals surface area (Å²) in [5, 5.41) is 38.2. The average molecular weight is 1290 g/mol. The fourth-order valence-electron chi connectivity index (χ4n) is 5.70. The molecule has 0 radical (unpaired) electrons. The van der Waals surface area contributed by atoms with E-state index in [0.29, 0.717) is 11.4 Å². The molecule has 0 atom stereocenters. The third-order valence-corrected chi connectivity index (χ3v) is 12.8. The Labute approximate surface area is 443 Å². The van der Waals surface area contributed by atoms with Crippen molar-refractivity contribution in [2.45, 2.75) is 12.8 Å². The van der Waals surface area contributed by atoms with Crippen LogP contribution >= 0.6 is 47.8 Å². The van der Waals surface area contributed by atoms with Crippen LogP contribution in [0.25, 0.3) is 34.4 Å². The highest BCUT2D eigenvalue weighted by Gasteiger charge is 2.26. The minimum absolute atomic E-state index is 0.00165. The van der Waals surface area contributed by atoms with Gasteiger partial charge in [-0.15, -0.1) is 0 Å². The van der Waals surface area contributed by atoms with Crippen molar-refractivity contribution in [1.29, 1.82) is 0 Å². The van der Waals surface area contributed by atoms with Crippen LogP contribution in [0.4, 0.5) is 18.9 Å². The van der Waals surface area contributed by atoms with Gasteiger partial charge in [0.1, 0.15) is 43.7 Å². The van der Waals surface area contributed by atoms with Crippen LogP contribution in [0.5, 0.6) is 17.6 Å². The van der Waals surface area contributed by atoms with Gasteiger partial charge in [-0.05, 0) is 146 Å². The summed E-state index contributed by atoms with van der Waals surface area (Å²) in [5.74, 6) is -3.55. The van der Waals surface area contributed by atoms with Crippen LogP contribution in [-0.4, -0.2) is 129 Å². The molecule has 0 saturated carbocycles. The molecule has 0 aliphatic carbocycles. The van der Waals surface area contributed by atoms with E-state index >= 15 is 0 Å². The number of hydrogen-bond donors (Lipinski definition) is 3. The summed E-state index contributed by atoms with van der Waals surface area (Å²) in [5.41, 5.74) is 8.10. The van der Waals surface area contributed by atoms with Gasteiger partial charge in [0.05, 0.1) is 55.2 Å². The first-order valence-electron chi connectivity index (χ1n) is 20.6. The molecule has 5 heterocycles. The highest BCUT2D eigenvalue weighted by Crippen LogP contribution is 2.30. The lowest BCUT2D eigenvalue weighted by Crippen LogP contribution is -2.21.